The Balaban J connectivity index is 2.03. The van der Waals surface area contributed by atoms with Gasteiger partial charge in [0.05, 0.1) is 11.8 Å². The molecule has 1 amide bonds. The molecule has 5 heteroatoms. The number of nitrogens with zero attached hydrogens (tertiary/aromatic N) is 2. The molecule has 2 unspecified atom stereocenters. The summed E-state index contributed by atoms with van der Waals surface area (Å²) in [5, 5.41) is 9.10. The van der Waals surface area contributed by atoms with Gasteiger partial charge in [-0.15, -0.1) is 0 Å². The molecule has 2 atom stereocenters. The van der Waals surface area contributed by atoms with Gasteiger partial charge in [-0.1, -0.05) is 13.8 Å². The number of amides is 1. The Bertz CT molecular complexity index is 499. The van der Waals surface area contributed by atoms with Crippen molar-refractivity contribution in [3.8, 4) is 0 Å². The van der Waals surface area contributed by atoms with Crippen LogP contribution < -0.4 is 0 Å². The van der Waals surface area contributed by atoms with Crippen LogP contribution in [0, 0.1) is 17.3 Å². The lowest BCUT2D eigenvalue weighted by molar-refractivity contribution is -0.141. The van der Waals surface area contributed by atoms with Crippen LogP contribution in [0.25, 0.3) is 0 Å². The minimum atomic E-state index is -0.888. The van der Waals surface area contributed by atoms with Crippen LogP contribution in [0.15, 0.2) is 24.5 Å². The molecule has 1 aromatic heterocycles. The first-order valence-electron chi connectivity index (χ1n) is 6.22. The van der Waals surface area contributed by atoms with Gasteiger partial charge in [0.1, 0.15) is 0 Å². The van der Waals surface area contributed by atoms with Gasteiger partial charge in [-0.05, 0) is 23.1 Å². The van der Waals surface area contributed by atoms with Crippen molar-refractivity contribution in [1.82, 2.24) is 9.88 Å². The third kappa shape index (κ3) is 2.45. The fourth-order valence-corrected chi connectivity index (χ4v) is 2.64. The quantitative estimate of drug-likeness (QED) is 0.890. The summed E-state index contributed by atoms with van der Waals surface area (Å²) >= 11 is 0. The number of hydrogen-bond donors (Lipinski definition) is 1. The van der Waals surface area contributed by atoms with E-state index in [1.54, 1.807) is 24.3 Å². The van der Waals surface area contributed by atoms with Gasteiger partial charge in [0.25, 0.3) is 0 Å². The zero-order valence-corrected chi connectivity index (χ0v) is 11.3. The van der Waals surface area contributed by atoms with Gasteiger partial charge in [0, 0.05) is 26.0 Å². The van der Waals surface area contributed by atoms with E-state index in [0.717, 1.165) is 5.56 Å². The molecule has 19 heavy (non-hydrogen) atoms. The van der Waals surface area contributed by atoms with Crippen LogP contribution in [0.5, 0.6) is 0 Å². The summed E-state index contributed by atoms with van der Waals surface area (Å²) < 4.78 is 0. The third-order valence-electron chi connectivity index (χ3n) is 3.90. The van der Waals surface area contributed by atoms with Crippen molar-refractivity contribution in [1.29, 1.82) is 0 Å². The number of carbonyl (C=O) groups excluding carboxylic acids is 1. The van der Waals surface area contributed by atoms with Crippen LogP contribution in [0.3, 0.4) is 0 Å². The summed E-state index contributed by atoms with van der Waals surface area (Å²) in [5.74, 6) is -1.98. The van der Waals surface area contributed by atoms with Crippen molar-refractivity contribution in [2.45, 2.75) is 20.4 Å². The molecular weight excluding hydrogens is 244 g/mol. The van der Waals surface area contributed by atoms with E-state index in [2.05, 4.69) is 4.98 Å². The van der Waals surface area contributed by atoms with E-state index in [9.17, 15) is 9.59 Å². The van der Waals surface area contributed by atoms with Gasteiger partial charge in [-0.3, -0.25) is 14.6 Å². The van der Waals surface area contributed by atoms with Crippen LogP contribution in [-0.4, -0.2) is 33.9 Å². The van der Waals surface area contributed by atoms with E-state index in [0.29, 0.717) is 6.54 Å². The Morgan fingerprint density at radius 1 is 1.32 bits per heavy atom. The molecule has 1 aliphatic rings. The molecule has 1 fully saturated rings. The number of aromatic nitrogens is 1. The van der Waals surface area contributed by atoms with Gasteiger partial charge < -0.3 is 10.0 Å². The summed E-state index contributed by atoms with van der Waals surface area (Å²) in [4.78, 5) is 28.9. The Kier molecular flexibility index (Phi) is 3.30. The monoisotopic (exact) mass is 262 g/mol. The smallest absolute Gasteiger partial charge is 0.307 e. The lowest BCUT2D eigenvalue weighted by Gasteiger charge is -2.18. The lowest BCUT2D eigenvalue weighted by Crippen LogP contribution is -2.29. The standard InChI is InChI=1S/C14H18N2O3/c1-14(2)10(11(14)13(18)19)12(17)16(3)8-9-4-6-15-7-5-9/h4-7,10-11H,8H2,1-3H3,(H,18,19). The van der Waals surface area contributed by atoms with Crippen LogP contribution in [-0.2, 0) is 16.1 Å². The van der Waals surface area contributed by atoms with Gasteiger partial charge in [-0.25, -0.2) is 0 Å². The second kappa shape index (κ2) is 4.64. The van der Waals surface area contributed by atoms with Gasteiger partial charge >= 0.3 is 5.97 Å². The minimum Gasteiger partial charge on any atom is -0.481 e. The Morgan fingerprint density at radius 3 is 2.37 bits per heavy atom. The number of carboxylic acid groups (broad SMARTS) is 1. The number of pyridine rings is 1. The topological polar surface area (TPSA) is 70.5 Å². The Labute approximate surface area is 112 Å². The highest BCUT2D eigenvalue weighted by Gasteiger charge is 2.66. The molecule has 102 valence electrons. The first-order valence-corrected chi connectivity index (χ1v) is 6.22. The van der Waals surface area contributed by atoms with Gasteiger partial charge in [0.15, 0.2) is 0 Å². The zero-order valence-electron chi connectivity index (χ0n) is 11.3. The van der Waals surface area contributed by atoms with Crippen LogP contribution in [0.4, 0.5) is 0 Å². The normalized spacial score (nSPS) is 23.7. The van der Waals surface area contributed by atoms with Crippen molar-refractivity contribution >= 4 is 11.9 Å². The van der Waals surface area contributed by atoms with Crippen molar-refractivity contribution in [2.75, 3.05) is 7.05 Å². The van der Waals surface area contributed by atoms with Crippen LogP contribution >= 0.6 is 0 Å². The van der Waals surface area contributed by atoms with Crippen LogP contribution in [0.1, 0.15) is 19.4 Å². The number of aliphatic carboxylic acids is 1. The first kappa shape index (κ1) is 13.5. The number of carbonyl (C=O) groups is 2. The fraction of sp³-hybridized carbons (Fsp3) is 0.500. The van der Waals surface area contributed by atoms with Gasteiger partial charge in [0.2, 0.25) is 5.91 Å². The molecule has 1 N–H and O–H groups in total. The number of rotatable bonds is 4. The number of hydrogen-bond acceptors (Lipinski definition) is 3. The maximum atomic E-state index is 12.3. The molecule has 0 saturated heterocycles. The first-order chi connectivity index (χ1) is 8.85. The predicted molar refractivity (Wildman–Crippen MR) is 69.1 cm³/mol. The van der Waals surface area contributed by atoms with Crippen molar-refractivity contribution in [2.24, 2.45) is 17.3 Å². The van der Waals surface area contributed by atoms with Crippen molar-refractivity contribution in [3.63, 3.8) is 0 Å². The van der Waals surface area contributed by atoms with E-state index in [1.165, 1.54) is 0 Å². The maximum Gasteiger partial charge on any atom is 0.307 e. The average Bonchev–Trinajstić information content (AvgIpc) is 2.92. The summed E-state index contributed by atoms with van der Waals surface area (Å²) in [6.07, 6.45) is 3.35. The minimum absolute atomic E-state index is 0.103. The van der Waals surface area contributed by atoms with Crippen LogP contribution in [0.2, 0.25) is 0 Å². The maximum absolute atomic E-state index is 12.3. The molecule has 0 radical (unpaired) electrons. The number of carboxylic acids is 1. The summed E-state index contributed by atoms with van der Waals surface area (Å²) in [5.41, 5.74) is 0.534. The molecule has 1 heterocycles. The summed E-state index contributed by atoms with van der Waals surface area (Å²) in [6.45, 7) is 4.13. The fourth-order valence-electron chi connectivity index (χ4n) is 2.64. The summed E-state index contributed by atoms with van der Waals surface area (Å²) in [6, 6.07) is 3.69. The molecule has 5 nitrogen and oxygen atoms in total. The third-order valence-corrected chi connectivity index (χ3v) is 3.90. The SMILES string of the molecule is CN(Cc1ccncc1)C(=O)C1C(C(=O)O)C1(C)C. The zero-order chi connectivity index (χ0) is 14.2. The Hall–Kier alpha value is -1.91. The molecule has 0 aliphatic heterocycles. The molecular formula is C14H18N2O3. The highest BCUT2D eigenvalue weighted by molar-refractivity contribution is 5.91. The molecule has 0 spiro atoms. The molecule has 1 saturated carbocycles. The molecule has 0 bridgehead atoms. The van der Waals surface area contributed by atoms with E-state index >= 15 is 0 Å². The van der Waals surface area contributed by atoms with E-state index < -0.39 is 23.2 Å². The van der Waals surface area contributed by atoms with Crippen molar-refractivity contribution < 1.29 is 14.7 Å². The molecule has 1 aromatic rings. The van der Waals surface area contributed by atoms with E-state index in [4.69, 9.17) is 5.11 Å². The summed E-state index contributed by atoms with van der Waals surface area (Å²) in [7, 11) is 1.70. The highest BCUT2D eigenvalue weighted by Crippen LogP contribution is 2.58. The second-order valence-corrected chi connectivity index (χ2v) is 5.66. The van der Waals surface area contributed by atoms with Gasteiger partial charge in [-0.2, -0.15) is 0 Å². The van der Waals surface area contributed by atoms with E-state index in [-0.39, 0.29) is 5.91 Å². The highest BCUT2D eigenvalue weighted by atomic mass is 16.4. The predicted octanol–water partition coefficient (Wildman–Crippen LogP) is 1.40. The largest absolute Gasteiger partial charge is 0.481 e. The molecule has 1 aliphatic carbocycles. The molecule has 0 aromatic carbocycles. The molecule has 2 rings (SSSR count). The lowest BCUT2D eigenvalue weighted by atomic mass is 10.1. The van der Waals surface area contributed by atoms with Crippen molar-refractivity contribution in [3.05, 3.63) is 30.1 Å². The second-order valence-electron chi connectivity index (χ2n) is 5.66. The Morgan fingerprint density at radius 2 is 1.89 bits per heavy atom. The average molecular weight is 262 g/mol. The van der Waals surface area contributed by atoms with E-state index in [1.807, 2.05) is 26.0 Å².